The molecule has 7 nitrogen and oxygen atoms in total. The Bertz CT molecular complexity index is 2870. The number of nitrogens with zero attached hydrogens (tertiary/aromatic N) is 7. The van der Waals surface area contributed by atoms with Gasteiger partial charge in [-0.2, -0.15) is 0 Å². The molecule has 1 aliphatic rings. The number of anilines is 6. The standard InChI is InChI=1S/C55H37N7/c1-6-20-38(21-7-1)44-36-45(39-22-8-2-9-23-39)58-54(57-44)42-34-48(55-59-46(40-24-10-3-11-25-40)37-47(60-55)41-26-12-4-13-27-41)56-53(35-42)62-51-32-18-16-30-49(51)61(43-28-14-5-15-29-43)50-31-17-19-33-52(50)62/h1-37H. The van der Waals surface area contributed by atoms with Crippen molar-refractivity contribution in [3.63, 3.8) is 0 Å². The molecule has 11 rings (SSSR count). The van der Waals surface area contributed by atoms with E-state index in [2.05, 4.69) is 143 Å². The summed E-state index contributed by atoms with van der Waals surface area (Å²) in [6.45, 7) is 0. The lowest BCUT2D eigenvalue weighted by Gasteiger charge is -2.39. The molecule has 0 saturated heterocycles. The van der Waals surface area contributed by atoms with Crippen molar-refractivity contribution in [2.24, 2.45) is 0 Å². The maximum atomic E-state index is 5.51. The molecule has 0 amide bonds. The third-order valence-corrected chi connectivity index (χ3v) is 11.0. The highest BCUT2D eigenvalue weighted by molar-refractivity contribution is 6.01. The van der Waals surface area contributed by atoms with Crippen molar-refractivity contribution in [3.8, 4) is 67.9 Å². The topological polar surface area (TPSA) is 70.9 Å². The molecule has 0 N–H and O–H groups in total. The summed E-state index contributed by atoms with van der Waals surface area (Å²) in [5.74, 6) is 1.72. The van der Waals surface area contributed by atoms with Crippen LogP contribution >= 0.6 is 0 Å². The Morgan fingerprint density at radius 3 is 0.984 bits per heavy atom. The van der Waals surface area contributed by atoms with E-state index in [4.69, 9.17) is 24.9 Å². The van der Waals surface area contributed by atoms with Crippen LogP contribution in [-0.4, -0.2) is 24.9 Å². The highest BCUT2D eigenvalue weighted by Gasteiger charge is 2.31. The van der Waals surface area contributed by atoms with E-state index in [1.807, 2.05) is 91.0 Å². The van der Waals surface area contributed by atoms with Crippen LogP contribution < -0.4 is 9.80 Å². The van der Waals surface area contributed by atoms with Crippen LogP contribution in [0.15, 0.2) is 224 Å². The van der Waals surface area contributed by atoms with Crippen molar-refractivity contribution >= 4 is 34.3 Å². The molecule has 0 spiro atoms. The zero-order chi connectivity index (χ0) is 41.2. The molecule has 7 heteroatoms. The fraction of sp³-hybridized carbons (Fsp3) is 0. The van der Waals surface area contributed by atoms with Gasteiger partial charge in [0.15, 0.2) is 11.6 Å². The molecular formula is C55H37N7. The molecule has 0 radical (unpaired) electrons. The van der Waals surface area contributed by atoms with E-state index in [0.29, 0.717) is 23.2 Å². The Labute approximate surface area is 360 Å². The van der Waals surface area contributed by atoms with Crippen LogP contribution in [0.25, 0.3) is 67.9 Å². The monoisotopic (exact) mass is 795 g/mol. The molecular weight excluding hydrogens is 759 g/mol. The molecule has 4 heterocycles. The van der Waals surface area contributed by atoms with Gasteiger partial charge in [-0.1, -0.05) is 164 Å². The number of fused-ring (bicyclic) bond motifs is 2. The fourth-order valence-corrected chi connectivity index (χ4v) is 8.09. The van der Waals surface area contributed by atoms with Crippen LogP contribution in [0.1, 0.15) is 0 Å². The van der Waals surface area contributed by atoms with E-state index < -0.39 is 0 Å². The van der Waals surface area contributed by atoms with Gasteiger partial charge in [-0.25, -0.2) is 24.9 Å². The van der Waals surface area contributed by atoms with E-state index >= 15 is 0 Å². The summed E-state index contributed by atoms with van der Waals surface area (Å²) in [4.78, 5) is 31.1. The van der Waals surface area contributed by atoms with Crippen molar-refractivity contribution in [2.45, 2.75) is 0 Å². The molecule has 0 saturated carbocycles. The fourth-order valence-electron chi connectivity index (χ4n) is 8.09. The van der Waals surface area contributed by atoms with Gasteiger partial charge >= 0.3 is 0 Å². The van der Waals surface area contributed by atoms with Crippen molar-refractivity contribution in [1.82, 2.24) is 24.9 Å². The number of hydrogen-bond donors (Lipinski definition) is 0. The second-order valence-corrected chi connectivity index (χ2v) is 15.0. The van der Waals surface area contributed by atoms with Gasteiger partial charge < -0.3 is 4.90 Å². The van der Waals surface area contributed by atoms with Gasteiger partial charge in [0.2, 0.25) is 0 Å². The summed E-state index contributed by atoms with van der Waals surface area (Å²) >= 11 is 0. The molecule has 62 heavy (non-hydrogen) atoms. The molecule has 0 atom stereocenters. The summed E-state index contributed by atoms with van der Waals surface area (Å²) < 4.78 is 0. The third kappa shape index (κ3) is 6.93. The van der Waals surface area contributed by atoms with Crippen LogP contribution in [0.5, 0.6) is 0 Å². The van der Waals surface area contributed by atoms with Crippen molar-refractivity contribution in [2.75, 3.05) is 9.80 Å². The maximum absolute atomic E-state index is 5.51. The molecule has 0 aliphatic carbocycles. The first-order valence-corrected chi connectivity index (χ1v) is 20.6. The number of hydrogen-bond acceptors (Lipinski definition) is 7. The minimum Gasteiger partial charge on any atom is -0.306 e. The second-order valence-electron chi connectivity index (χ2n) is 15.0. The van der Waals surface area contributed by atoms with Gasteiger partial charge in [-0.15, -0.1) is 0 Å². The molecule has 0 fully saturated rings. The second kappa shape index (κ2) is 15.9. The van der Waals surface area contributed by atoms with Crippen molar-refractivity contribution < 1.29 is 0 Å². The minimum atomic E-state index is 0.486. The van der Waals surface area contributed by atoms with Gasteiger partial charge in [0.1, 0.15) is 11.5 Å². The average molecular weight is 796 g/mol. The van der Waals surface area contributed by atoms with E-state index in [-0.39, 0.29) is 0 Å². The van der Waals surface area contributed by atoms with E-state index in [1.165, 1.54) is 0 Å². The van der Waals surface area contributed by atoms with Gasteiger partial charge in [0.25, 0.3) is 0 Å². The Morgan fingerprint density at radius 1 is 0.242 bits per heavy atom. The van der Waals surface area contributed by atoms with Gasteiger partial charge in [-0.3, -0.25) is 4.90 Å². The first-order chi connectivity index (χ1) is 30.7. The van der Waals surface area contributed by atoms with E-state index in [1.54, 1.807) is 0 Å². The zero-order valence-electron chi connectivity index (χ0n) is 33.5. The highest BCUT2D eigenvalue weighted by atomic mass is 15.3. The van der Waals surface area contributed by atoms with Crippen LogP contribution in [-0.2, 0) is 0 Å². The first-order valence-electron chi connectivity index (χ1n) is 20.6. The third-order valence-electron chi connectivity index (χ3n) is 11.0. The van der Waals surface area contributed by atoms with Gasteiger partial charge in [0, 0.05) is 33.5 Å². The lowest BCUT2D eigenvalue weighted by Crippen LogP contribution is -2.24. The molecule has 292 valence electrons. The maximum Gasteiger partial charge on any atom is 0.179 e. The Hall–Kier alpha value is -8.55. The first kappa shape index (κ1) is 36.5. The Kier molecular flexibility index (Phi) is 9.37. The SMILES string of the molecule is c1ccc(-c2cc(-c3ccccc3)nc(-c3cc(-c4nc(-c5ccccc5)cc(-c5ccccc5)n4)nc(N4c5ccccc5N(c5ccccc5)c5ccccc54)c3)n2)cc1. The zero-order valence-corrected chi connectivity index (χ0v) is 33.5. The highest BCUT2D eigenvalue weighted by Crippen LogP contribution is 2.54. The Morgan fingerprint density at radius 2 is 0.581 bits per heavy atom. The van der Waals surface area contributed by atoms with E-state index in [0.717, 1.165) is 79.0 Å². The summed E-state index contributed by atoms with van der Waals surface area (Å²) in [5.41, 5.74) is 13.6. The summed E-state index contributed by atoms with van der Waals surface area (Å²) in [7, 11) is 0. The average Bonchev–Trinajstić information content (AvgIpc) is 3.36. The largest absolute Gasteiger partial charge is 0.306 e. The lowest BCUT2D eigenvalue weighted by atomic mass is 10.0. The predicted molar refractivity (Wildman–Crippen MR) is 251 cm³/mol. The molecule has 0 bridgehead atoms. The Balaban J connectivity index is 1.18. The smallest absolute Gasteiger partial charge is 0.179 e. The molecule has 3 aromatic heterocycles. The van der Waals surface area contributed by atoms with E-state index in [9.17, 15) is 0 Å². The van der Waals surface area contributed by atoms with Gasteiger partial charge in [0.05, 0.1) is 45.5 Å². The molecule has 10 aromatic rings. The molecule has 0 unspecified atom stereocenters. The summed E-state index contributed by atoms with van der Waals surface area (Å²) in [5, 5.41) is 0. The predicted octanol–water partition coefficient (Wildman–Crippen LogP) is 13.9. The number of pyridine rings is 1. The number of aromatic nitrogens is 5. The normalized spacial score (nSPS) is 11.8. The van der Waals surface area contributed by atoms with Crippen molar-refractivity contribution in [1.29, 1.82) is 0 Å². The van der Waals surface area contributed by atoms with Crippen LogP contribution in [0.4, 0.5) is 34.3 Å². The quantitative estimate of drug-likeness (QED) is 0.152. The number of rotatable bonds is 8. The number of para-hydroxylation sites is 5. The minimum absolute atomic E-state index is 0.486. The van der Waals surface area contributed by atoms with Crippen LogP contribution in [0.2, 0.25) is 0 Å². The molecule has 1 aliphatic heterocycles. The number of benzene rings is 7. The van der Waals surface area contributed by atoms with Crippen LogP contribution in [0.3, 0.4) is 0 Å². The lowest BCUT2D eigenvalue weighted by molar-refractivity contribution is 1.10. The summed E-state index contributed by atoms with van der Waals surface area (Å²) in [6.07, 6.45) is 0. The van der Waals surface area contributed by atoms with Crippen LogP contribution in [0, 0.1) is 0 Å². The van der Waals surface area contributed by atoms with Crippen molar-refractivity contribution in [3.05, 3.63) is 224 Å². The summed E-state index contributed by atoms with van der Waals surface area (Å²) in [6, 6.07) is 76.6. The van der Waals surface area contributed by atoms with Gasteiger partial charge in [-0.05, 0) is 60.7 Å². The molecule has 7 aromatic carbocycles.